The molecule has 0 saturated carbocycles. The summed E-state index contributed by atoms with van der Waals surface area (Å²) in [6.07, 6.45) is 0.882. The molecule has 9 nitrogen and oxygen atoms in total. The SMILES string of the molecule is COc1ccc([N+](=O)[O-])cc1N(CC(=O)NCCSCc1c(F)cccc1Cl)S(C)(=O)=O. The largest absolute Gasteiger partial charge is 0.495 e. The van der Waals surface area contributed by atoms with Crippen molar-refractivity contribution >= 4 is 50.7 Å². The van der Waals surface area contributed by atoms with Gasteiger partial charge in [-0.05, 0) is 18.2 Å². The number of amides is 1. The highest BCUT2D eigenvalue weighted by molar-refractivity contribution is 7.98. The third-order valence-electron chi connectivity index (χ3n) is 4.21. The molecule has 0 aliphatic carbocycles. The number of thioether (sulfide) groups is 1. The highest BCUT2D eigenvalue weighted by Gasteiger charge is 2.26. The van der Waals surface area contributed by atoms with Gasteiger partial charge in [0.25, 0.3) is 5.69 Å². The van der Waals surface area contributed by atoms with E-state index in [1.165, 1.54) is 43.1 Å². The Labute approximate surface area is 194 Å². The van der Waals surface area contributed by atoms with Gasteiger partial charge in [-0.15, -0.1) is 0 Å². The predicted molar refractivity (Wildman–Crippen MR) is 122 cm³/mol. The van der Waals surface area contributed by atoms with Crippen LogP contribution in [-0.2, 0) is 20.6 Å². The van der Waals surface area contributed by atoms with Crippen LogP contribution in [0, 0.1) is 15.9 Å². The Morgan fingerprint density at radius 2 is 2.06 bits per heavy atom. The third-order valence-corrected chi connectivity index (χ3v) is 6.67. The standard InChI is InChI=1S/C19H21ClFN3O6S2/c1-30-18-7-6-13(24(26)27)10-17(18)23(32(2,28)29)11-19(25)22-8-9-31-12-14-15(20)4-3-5-16(14)21/h3-7,10H,8-9,11-12H2,1-2H3,(H,22,25). The number of carbonyl (C=O) groups excluding carboxylic acids is 1. The quantitative estimate of drug-likeness (QED) is 0.283. The van der Waals surface area contributed by atoms with Crippen molar-refractivity contribution in [3.8, 4) is 5.75 Å². The number of anilines is 1. The van der Waals surface area contributed by atoms with Gasteiger partial charge in [-0.1, -0.05) is 17.7 Å². The Morgan fingerprint density at radius 1 is 1.34 bits per heavy atom. The number of nitro groups is 1. The van der Waals surface area contributed by atoms with Crippen LogP contribution >= 0.6 is 23.4 Å². The Hall–Kier alpha value is -2.57. The van der Waals surface area contributed by atoms with E-state index in [1.54, 1.807) is 6.07 Å². The zero-order chi connectivity index (χ0) is 23.9. The van der Waals surface area contributed by atoms with Gasteiger partial charge in [0.2, 0.25) is 15.9 Å². The third kappa shape index (κ3) is 6.97. The molecular weight excluding hydrogens is 485 g/mol. The van der Waals surface area contributed by atoms with Crippen molar-refractivity contribution in [2.24, 2.45) is 0 Å². The highest BCUT2D eigenvalue weighted by Crippen LogP contribution is 2.33. The van der Waals surface area contributed by atoms with E-state index in [1.807, 2.05) is 0 Å². The molecule has 0 unspecified atom stereocenters. The summed E-state index contributed by atoms with van der Waals surface area (Å²) in [7, 11) is -2.68. The Bertz CT molecular complexity index is 1080. The molecule has 2 aromatic rings. The lowest BCUT2D eigenvalue weighted by Gasteiger charge is -2.23. The summed E-state index contributed by atoms with van der Waals surface area (Å²) in [4.78, 5) is 22.8. The van der Waals surface area contributed by atoms with Gasteiger partial charge in [0.1, 0.15) is 23.8 Å². The summed E-state index contributed by atoms with van der Waals surface area (Å²) >= 11 is 7.31. The highest BCUT2D eigenvalue weighted by atomic mass is 35.5. The summed E-state index contributed by atoms with van der Waals surface area (Å²) in [5.74, 6) is -0.236. The van der Waals surface area contributed by atoms with Crippen molar-refractivity contribution in [2.75, 3.05) is 36.5 Å². The molecule has 0 saturated heterocycles. The number of methoxy groups -OCH3 is 1. The first-order valence-corrected chi connectivity index (χ1v) is 12.5. The molecule has 0 spiro atoms. The minimum absolute atomic E-state index is 0.0612. The van der Waals surface area contributed by atoms with E-state index in [2.05, 4.69) is 5.32 Å². The van der Waals surface area contributed by atoms with Gasteiger partial charge in [0, 0.05) is 40.8 Å². The first-order chi connectivity index (χ1) is 15.0. The van der Waals surface area contributed by atoms with Crippen molar-refractivity contribution < 1.29 is 27.3 Å². The van der Waals surface area contributed by atoms with Crippen molar-refractivity contribution in [1.82, 2.24) is 5.32 Å². The van der Waals surface area contributed by atoms with Gasteiger partial charge in [0.05, 0.1) is 18.3 Å². The molecule has 13 heteroatoms. The molecule has 2 rings (SSSR count). The second-order valence-electron chi connectivity index (χ2n) is 6.49. The fraction of sp³-hybridized carbons (Fsp3) is 0.316. The first-order valence-electron chi connectivity index (χ1n) is 9.12. The van der Waals surface area contributed by atoms with Crippen LogP contribution in [0.1, 0.15) is 5.56 Å². The Kier molecular flexibility index (Phi) is 9.10. The normalized spacial score (nSPS) is 11.1. The lowest BCUT2D eigenvalue weighted by Crippen LogP contribution is -2.41. The zero-order valence-corrected chi connectivity index (χ0v) is 19.6. The van der Waals surface area contributed by atoms with Gasteiger partial charge in [-0.2, -0.15) is 11.8 Å². The van der Waals surface area contributed by atoms with Crippen LogP contribution in [0.4, 0.5) is 15.8 Å². The van der Waals surface area contributed by atoms with Gasteiger partial charge in [0.15, 0.2) is 0 Å². The number of carbonyl (C=O) groups is 1. The molecule has 1 N–H and O–H groups in total. The van der Waals surface area contributed by atoms with E-state index in [4.69, 9.17) is 16.3 Å². The molecule has 0 fully saturated rings. The number of non-ortho nitro benzene ring substituents is 1. The van der Waals surface area contributed by atoms with Crippen molar-refractivity contribution in [2.45, 2.75) is 5.75 Å². The van der Waals surface area contributed by atoms with Crippen LogP contribution in [0.15, 0.2) is 36.4 Å². The first kappa shape index (κ1) is 25.7. The molecule has 0 aromatic heterocycles. The van der Waals surface area contributed by atoms with Crippen molar-refractivity contribution in [1.29, 1.82) is 0 Å². The maximum absolute atomic E-state index is 13.8. The number of nitro benzene ring substituents is 1. The minimum atomic E-state index is -3.96. The minimum Gasteiger partial charge on any atom is -0.495 e. The van der Waals surface area contributed by atoms with E-state index >= 15 is 0 Å². The van der Waals surface area contributed by atoms with Gasteiger partial charge >= 0.3 is 0 Å². The number of nitrogens with one attached hydrogen (secondary N) is 1. The molecule has 0 radical (unpaired) electrons. The fourth-order valence-electron chi connectivity index (χ4n) is 2.66. The lowest BCUT2D eigenvalue weighted by molar-refractivity contribution is -0.384. The average Bonchev–Trinajstić information content (AvgIpc) is 2.72. The van der Waals surface area contributed by atoms with Crippen molar-refractivity contribution in [3.63, 3.8) is 0 Å². The summed E-state index contributed by atoms with van der Waals surface area (Å²) < 4.78 is 44.2. The number of rotatable bonds is 11. The van der Waals surface area contributed by atoms with Crippen LogP contribution in [0.25, 0.3) is 0 Å². The van der Waals surface area contributed by atoms with Crippen molar-refractivity contribution in [3.05, 3.63) is 62.9 Å². The Balaban J connectivity index is 2.01. The molecule has 0 bridgehead atoms. The average molecular weight is 506 g/mol. The second kappa shape index (κ2) is 11.3. The molecule has 0 aliphatic heterocycles. The van der Waals surface area contributed by atoms with E-state index in [0.717, 1.165) is 16.6 Å². The molecule has 0 atom stereocenters. The molecule has 0 aliphatic rings. The van der Waals surface area contributed by atoms with Gasteiger partial charge in [-0.3, -0.25) is 19.2 Å². The number of ether oxygens (including phenoxy) is 1. The summed E-state index contributed by atoms with van der Waals surface area (Å²) in [6, 6.07) is 7.86. The maximum atomic E-state index is 13.8. The van der Waals surface area contributed by atoms with Gasteiger partial charge in [-0.25, -0.2) is 12.8 Å². The topological polar surface area (TPSA) is 119 Å². The number of halogens is 2. The number of nitrogens with zero attached hydrogens (tertiary/aromatic N) is 2. The second-order valence-corrected chi connectivity index (χ2v) is 9.90. The van der Waals surface area contributed by atoms with Crippen LogP contribution in [0.3, 0.4) is 0 Å². The zero-order valence-electron chi connectivity index (χ0n) is 17.2. The Morgan fingerprint density at radius 3 is 2.66 bits per heavy atom. The van der Waals surface area contributed by atoms with E-state index in [9.17, 15) is 27.7 Å². The smallest absolute Gasteiger partial charge is 0.271 e. The van der Waals surface area contributed by atoms with Gasteiger partial charge < -0.3 is 10.1 Å². The summed E-state index contributed by atoms with van der Waals surface area (Å²) in [5, 5.41) is 14.0. The molecule has 0 heterocycles. The van der Waals surface area contributed by atoms with E-state index in [0.29, 0.717) is 22.1 Å². The molecular formula is C19H21ClFN3O6S2. The monoisotopic (exact) mass is 505 g/mol. The number of benzene rings is 2. The van der Waals surface area contributed by atoms with Crippen LogP contribution < -0.4 is 14.4 Å². The fourth-order valence-corrected chi connectivity index (χ4v) is 4.71. The van der Waals surface area contributed by atoms with Crippen LogP contribution in [-0.4, -0.2) is 51.5 Å². The molecule has 2 aromatic carbocycles. The van der Waals surface area contributed by atoms with E-state index in [-0.39, 0.29) is 23.7 Å². The van der Waals surface area contributed by atoms with E-state index < -0.39 is 33.2 Å². The molecule has 174 valence electrons. The van der Waals surface area contributed by atoms with Crippen LogP contribution in [0.5, 0.6) is 5.75 Å². The number of hydrogen-bond donors (Lipinski definition) is 1. The summed E-state index contributed by atoms with van der Waals surface area (Å²) in [6.45, 7) is -0.403. The predicted octanol–water partition coefficient (Wildman–Crippen LogP) is 3.21. The summed E-state index contributed by atoms with van der Waals surface area (Å²) in [5.41, 5.74) is -0.104. The number of sulfonamides is 1. The number of hydrogen-bond acceptors (Lipinski definition) is 7. The molecule has 1 amide bonds. The molecule has 32 heavy (non-hydrogen) atoms. The maximum Gasteiger partial charge on any atom is 0.271 e. The lowest BCUT2D eigenvalue weighted by atomic mass is 10.2. The van der Waals surface area contributed by atoms with Crippen LogP contribution in [0.2, 0.25) is 5.02 Å².